The summed E-state index contributed by atoms with van der Waals surface area (Å²) in [6.45, 7) is 8.77. The summed E-state index contributed by atoms with van der Waals surface area (Å²) in [7, 11) is 0. The fourth-order valence-electron chi connectivity index (χ4n) is 6.19. The lowest BCUT2D eigenvalue weighted by Crippen LogP contribution is -2.46. The monoisotopic (exact) mass is 570 g/mol. The standard InChI is InChI=1S/C30H34N8O2S/c1-3-37-16-23-13-22(37)17-38(23)30-32-18(2)11-27(36-30)35-26-14-24-25(15-31-26)41-29(34-24)20-6-4-5-19(12-20)28(39)33-21-7-9-40-10-8-21/h4-6,11-12,14-15,21-23H,3,7-10,13,16-17H2,1-2H3,(H,33,39)(H,31,32,35,36)/t22-,23-/m0/s1. The molecule has 212 valence electrons. The van der Waals surface area contributed by atoms with Gasteiger partial charge in [0.05, 0.1) is 10.2 Å². The van der Waals surface area contributed by atoms with Crippen LogP contribution in [0.4, 0.5) is 17.6 Å². The van der Waals surface area contributed by atoms with Crippen LogP contribution >= 0.6 is 11.3 Å². The summed E-state index contributed by atoms with van der Waals surface area (Å²) in [4.78, 5) is 36.9. The van der Waals surface area contributed by atoms with Crippen molar-refractivity contribution in [3.63, 3.8) is 0 Å². The third-order valence-corrected chi connectivity index (χ3v) is 9.37. The van der Waals surface area contributed by atoms with Gasteiger partial charge in [0.2, 0.25) is 5.95 Å². The van der Waals surface area contributed by atoms with Crippen molar-refractivity contribution in [2.45, 2.75) is 51.2 Å². The minimum absolute atomic E-state index is 0.0584. The van der Waals surface area contributed by atoms with E-state index in [-0.39, 0.29) is 11.9 Å². The number of likely N-dealkylation sites (tertiary alicyclic amines) is 1. The number of fused-ring (bicyclic) bond motifs is 3. The first-order valence-corrected chi connectivity index (χ1v) is 15.2. The minimum Gasteiger partial charge on any atom is -0.381 e. The molecule has 3 fully saturated rings. The molecule has 0 saturated carbocycles. The number of rotatable bonds is 7. The molecule has 3 saturated heterocycles. The van der Waals surface area contributed by atoms with Crippen LogP contribution in [-0.2, 0) is 4.74 Å². The van der Waals surface area contributed by atoms with Crippen LogP contribution in [0.5, 0.6) is 0 Å². The van der Waals surface area contributed by atoms with E-state index in [1.807, 2.05) is 49.5 Å². The van der Waals surface area contributed by atoms with Gasteiger partial charge in [-0.25, -0.2) is 15.0 Å². The van der Waals surface area contributed by atoms with Gasteiger partial charge in [-0.05, 0) is 44.9 Å². The van der Waals surface area contributed by atoms with Crippen molar-refractivity contribution >= 4 is 45.0 Å². The minimum atomic E-state index is -0.0584. The van der Waals surface area contributed by atoms with E-state index in [1.165, 1.54) is 6.42 Å². The number of hydrogen-bond donors (Lipinski definition) is 2. The zero-order valence-electron chi connectivity index (χ0n) is 23.3. The van der Waals surface area contributed by atoms with Gasteiger partial charge in [-0.15, -0.1) is 11.3 Å². The van der Waals surface area contributed by atoms with Crippen LogP contribution in [-0.4, -0.2) is 81.7 Å². The number of hydrogen-bond acceptors (Lipinski definition) is 10. The van der Waals surface area contributed by atoms with Crippen molar-refractivity contribution in [1.29, 1.82) is 0 Å². The zero-order valence-corrected chi connectivity index (χ0v) is 24.2. The van der Waals surface area contributed by atoms with Gasteiger partial charge in [-0.1, -0.05) is 19.1 Å². The van der Waals surface area contributed by atoms with Gasteiger partial charge in [0.15, 0.2) is 0 Å². The molecule has 2 atom stereocenters. The molecule has 10 nitrogen and oxygen atoms in total. The topological polar surface area (TPSA) is 108 Å². The van der Waals surface area contributed by atoms with Gasteiger partial charge in [0, 0.05) is 79.6 Å². The third-order valence-electron chi connectivity index (χ3n) is 8.32. The van der Waals surface area contributed by atoms with Crippen LogP contribution in [0.25, 0.3) is 20.8 Å². The van der Waals surface area contributed by atoms with E-state index in [9.17, 15) is 4.79 Å². The number of aryl methyl sites for hydroxylation is 1. The van der Waals surface area contributed by atoms with Gasteiger partial charge in [0.1, 0.15) is 16.6 Å². The molecule has 2 N–H and O–H groups in total. The highest BCUT2D eigenvalue weighted by Crippen LogP contribution is 2.34. The molecule has 3 aromatic heterocycles. The second-order valence-corrected chi connectivity index (χ2v) is 12.1. The highest BCUT2D eigenvalue weighted by molar-refractivity contribution is 7.21. The third kappa shape index (κ3) is 5.37. The average Bonchev–Trinajstić information content (AvgIpc) is 3.72. The summed E-state index contributed by atoms with van der Waals surface area (Å²) < 4.78 is 6.39. The highest BCUT2D eigenvalue weighted by atomic mass is 32.1. The van der Waals surface area contributed by atoms with Crippen LogP contribution in [0, 0.1) is 6.92 Å². The van der Waals surface area contributed by atoms with Crippen molar-refractivity contribution in [3.05, 3.63) is 53.9 Å². The second kappa shape index (κ2) is 11.0. The van der Waals surface area contributed by atoms with E-state index in [2.05, 4.69) is 32.3 Å². The maximum Gasteiger partial charge on any atom is 0.251 e. The van der Waals surface area contributed by atoms with Crippen molar-refractivity contribution in [2.24, 2.45) is 0 Å². The lowest BCUT2D eigenvalue weighted by atomic mass is 10.1. The Kier molecular flexibility index (Phi) is 7.01. The Labute approximate surface area is 243 Å². The smallest absolute Gasteiger partial charge is 0.251 e. The molecule has 3 aliphatic heterocycles. The largest absolute Gasteiger partial charge is 0.381 e. The number of nitrogens with one attached hydrogen (secondary N) is 2. The predicted octanol–water partition coefficient (Wildman–Crippen LogP) is 4.39. The molecule has 0 spiro atoms. The van der Waals surface area contributed by atoms with E-state index in [1.54, 1.807) is 11.3 Å². The maximum absolute atomic E-state index is 12.9. The SMILES string of the molecule is CCN1C[C@@H]2C[C@H]1CN2c1nc(C)cc(Nc2cc3nc(-c4cccc(C(=O)NC5CCOCC5)c4)sc3cn2)n1. The summed E-state index contributed by atoms with van der Waals surface area (Å²) in [5.74, 6) is 2.14. The Morgan fingerprint density at radius 2 is 1.95 bits per heavy atom. The molecule has 0 aliphatic carbocycles. The number of anilines is 3. The summed E-state index contributed by atoms with van der Waals surface area (Å²) in [6, 6.07) is 12.8. The second-order valence-electron chi connectivity index (χ2n) is 11.1. The first kappa shape index (κ1) is 26.2. The molecule has 41 heavy (non-hydrogen) atoms. The van der Waals surface area contributed by atoms with E-state index >= 15 is 0 Å². The summed E-state index contributed by atoms with van der Waals surface area (Å²) in [5.41, 5.74) is 3.32. The summed E-state index contributed by atoms with van der Waals surface area (Å²) >= 11 is 1.57. The van der Waals surface area contributed by atoms with Crippen LogP contribution < -0.4 is 15.5 Å². The van der Waals surface area contributed by atoms with Gasteiger partial charge in [0.25, 0.3) is 5.91 Å². The predicted molar refractivity (Wildman–Crippen MR) is 161 cm³/mol. The number of benzene rings is 1. The normalized spacial score (nSPS) is 21.1. The molecule has 4 aromatic rings. The van der Waals surface area contributed by atoms with Crippen LogP contribution in [0.2, 0.25) is 0 Å². The Morgan fingerprint density at radius 3 is 2.76 bits per heavy atom. The molecule has 3 aliphatic rings. The Balaban J connectivity index is 1.08. The Bertz CT molecular complexity index is 1590. The zero-order chi connectivity index (χ0) is 27.9. The van der Waals surface area contributed by atoms with E-state index in [0.717, 1.165) is 70.7 Å². The fraction of sp³-hybridized carbons (Fsp3) is 0.433. The molecule has 1 aromatic carbocycles. The van der Waals surface area contributed by atoms with Crippen molar-refractivity contribution in [1.82, 2.24) is 30.2 Å². The molecule has 6 heterocycles. The number of carbonyl (C=O) groups is 1. The number of nitrogens with zero attached hydrogens (tertiary/aromatic N) is 6. The number of piperazine rings is 1. The fourth-order valence-corrected chi connectivity index (χ4v) is 7.10. The molecule has 2 bridgehead atoms. The van der Waals surface area contributed by atoms with Gasteiger partial charge < -0.3 is 20.3 Å². The molecular formula is C30H34N8O2S. The number of aromatic nitrogens is 4. The number of amides is 1. The van der Waals surface area contributed by atoms with Crippen molar-refractivity contribution in [2.75, 3.05) is 43.1 Å². The quantitative estimate of drug-likeness (QED) is 0.334. The average molecular weight is 571 g/mol. The van der Waals surface area contributed by atoms with Crippen LogP contribution in [0.1, 0.15) is 42.2 Å². The lowest BCUT2D eigenvalue weighted by Gasteiger charge is -2.33. The lowest BCUT2D eigenvalue weighted by molar-refractivity contribution is 0.0696. The number of thiazole rings is 1. The molecule has 11 heteroatoms. The van der Waals surface area contributed by atoms with Gasteiger partial charge in [-0.3, -0.25) is 9.69 Å². The maximum atomic E-state index is 12.9. The molecule has 0 unspecified atom stereocenters. The van der Waals surface area contributed by atoms with Crippen LogP contribution in [0.3, 0.4) is 0 Å². The van der Waals surface area contributed by atoms with E-state index in [4.69, 9.17) is 19.7 Å². The highest BCUT2D eigenvalue weighted by Gasteiger charge is 2.43. The molecule has 0 radical (unpaired) electrons. The number of ether oxygens (including phenoxy) is 1. The summed E-state index contributed by atoms with van der Waals surface area (Å²) in [6.07, 6.45) is 4.72. The van der Waals surface area contributed by atoms with E-state index in [0.29, 0.717) is 36.7 Å². The number of carbonyl (C=O) groups excluding carboxylic acids is 1. The first-order valence-electron chi connectivity index (χ1n) is 14.4. The van der Waals surface area contributed by atoms with Crippen molar-refractivity contribution in [3.8, 4) is 10.6 Å². The Morgan fingerprint density at radius 1 is 1.07 bits per heavy atom. The Hall–Kier alpha value is -3.67. The van der Waals surface area contributed by atoms with Gasteiger partial charge >= 0.3 is 0 Å². The molecule has 7 rings (SSSR count). The first-order chi connectivity index (χ1) is 20.0. The van der Waals surface area contributed by atoms with Gasteiger partial charge in [-0.2, -0.15) is 4.98 Å². The van der Waals surface area contributed by atoms with E-state index < -0.39 is 0 Å². The number of likely N-dealkylation sites (N-methyl/N-ethyl adjacent to an activating group) is 1. The number of pyridine rings is 1. The summed E-state index contributed by atoms with van der Waals surface area (Å²) in [5, 5.41) is 7.37. The van der Waals surface area contributed by atoms with Crippen molar-refractivity contribution < 1.29 is 9.53 Å². The van der Waals surface area contributed by atoms with Crippen LogP contribution in [0.15, 0.2) is 42.6 Å². The molecule has 1 amide bonds. The molecular weight excluding hydrogens is 536 g/mol.